The van der Waals surface area contributed by atoms with E-state index >= 15 is 0 Å². The number of allylic oxidation sites excluding steroid dienone is 4. The van der Waals surface area contributed by atoms with E-state index in [0.717, 1.165) is 37.7 Å². The van der Waals surface area contributed by atoms with Crippen LogP contribution >= 0.6 is 0 Å². The molecule has 6 nitrogen and oxygen atoms in total. The van der Waals surface area contributed by atoms with Crippen LogP contribution in [-0.4, -0.2) is 22.0 Å². The Morgan fingerprint density at radius 1 is 1.05 bits per heavy atom. The van der Waals surface area contributed by atoms with E-state index in [1.165, 1.54) is 4.57 Å². The summed E-state index contributed by atoms with van der Waals surface area (Å²) in [4.78, 5) is 46.1. The molecule has 42 heavy (non-hydrogen) atoms. The van der Waals surface area contributed by atoms with Gasteiger partial charge in [0.25, 0.3) is 0 Å². The Labute approximate surface area is 250 Å². The zero-order chi connectivity index (χ0) is 30.7. The van der Waals surface area contributed by atoms with Crippen LogP contribution in [0.25, 0.3) is 4.85 Å². The van der Waals surface area contributed by atoms with Gasteiger partial charge in [0.2, 0.25) is 11.6 Å². The van der Waals surface area contributed by atoms with Crippen molar-refractivity contribution in [1.82, 2.24) is 4.57 Å². The standard InChI is InChI=1S/C36H43N3O3/c1-31(2)13-15-36(30(42)39-17-9-10-22(39)21-37)16-14-35(7)28(23(36)19-31)25(40)18-27-33(5)20-24(38-8)29(41)32(3,4)26(33)11-12-34(27,35)6/h9-10,17-18,20,23,26,28H,11-16,19H2,1-7H3. The van der Waals surface area contributed by atoms with Crippen LogP contribution in [0.5, 0.6) is 0 Å². The molecular weight excluding hydrogens is 522 g/mol. The van der Waals surface area contributed by atoms with Crippen LogP contribution in [0, 0.1) is 68.1 Å². The molecule has 7 unspecified atom stereocenters. The fourth-order valence-electron chi connectivity index (χ4n) is 10.9. The highest BCUT2D eigenvalue weighted by molar-refractivity contribution is 6.03. The van der Waals surface area contributed by atoms with Crippen molar-refractivity contribution in [2.45, 2.75) is 93.4 Å². The first-order valence-electron chi connectivity index (χ1n) is 15.6. The molecular formula is C36H43N3O3. The highest BCUT2D eigenvalue weighted by Gasteiger charge is 2.70. The number of nitriles is 1. The minimum absolute atomic E-state index is 0.00269. The minimum atomic E-state index is -0.695. The SMILES string of the molecule is [C-]#[N+]C1=CC2(C)C3=CC(=O)C4C5CC(C)(C)CCC5(C(=O)n5cccc5C#N)CCC4(C)C3(C)CCC2C(C)(C)C1=O. The number of Topliss-reactive ketones (excluding diaryl/α,β-unsaturated/α-hetero) is 1. The third-order valence-corrected chi connectivity index (χ3v) is 13.3. The first kappa shape index (κ1) is 28.9. The quantitative estimate of drug-likeness (QED) is 0.329. The Bertz CT molecular complexity index is 1580. The second-order valence-electron chi connectivity index (χ2n) is 16.1. The van der Waals surface area contributed by atoms with Crippen molar-refractivity contribution in [2.24, 2.45) is 50.2 Å². The summed E-state index contributed by atoms with van der Waals surface area (Å²) in [5.41, 5.74) is -1.06. The van der Waals surface area contributed by atoms with Gasteiger partial charge in [0.15, 0.2) is 11.6 Å². The van der Waals surface area contributed by atoms with E-state index in [1.54, 1.807) is 18.3 Å². The van der Waals surface area contributed by atoms with Crippen molar-refractivity contribution in [3.63, 3.8) is 0 Å². The molecule has 1 heterocycles. The monoisotopic (exact) mass is 565 g/mol. The molecule has 0 radical (unpaired) electrons. The minimum Gasteiger partial charge on any atom is -0.307 e. The molecule has 7 atom stereocenters. The van der Waals surface area contributed by atoms with Gasteiger partial charge in [0.05, 0.1) is 12.0 Å². The third-order valence-electron chi connectivity index (χ3n) is 13.3. The molecule has 5 aliphatic carbocycles. The predicted molar refractivity (Wildman–Crippen MR) is 160 cm³/mol. The highest BCUT2D eigenvalue weighted by atomic mass is 16.2. The topological polar surface area (TPSA) is 84.3 Å². The van der Waals surface area contributed by atoms with Gasteiger partial charge in [-0.3, -0.25) is 14.2 Å². The van der Waals surface area contributed by atoms with Crippen LogP contribution in [-0.2, 0) is 9.59 Å². The number of carbonyl (C=O) groups excluding carboxylic acids is 3. The van der Waals surface area contributed by atoms with E-state index in [-0.39, 0.29) is 57.2 Å². The molecule has 0 amide bonds. The van der Waals surface area contributed by atoms with Crippen LogP contribution in [0.1, 0.15) is 104 Å². The van der Waals surface area contributed by atoms with Crippen molar-refractivity contribution >= 4 is 17.5 Å². The van der Waals surface area contributed by atoms with Gasteiger partial charge < -0.3 is 4.79 Å². The lowest BCUT2D eigenvalue weighted by Gasteiger charge is -2.69. The van der Waals surface area contributed by atoms with Crippen molar-refractivity contribution in [3.05, 3.63) is 58.9 Å². The van der Waals surface area contributed by atoms with Crippen LogP contribution in [0.4, 0.5) is 0 Å². The number of nitrogens with zero attached hydrogens (tertiary/aromatic N) is 3. The highest BCUT2D eigenvalue weighted by Crippen LogP contribution is 2.74. The molecule has 1 aromatic heterocycles. The fourth-order valence-corrected chi connectivity index (χ4v) is 10.9. The number of hydrogen-bond donors (Lipinski definition) is 0. The summed E-state index contributed by atoms with van der Waals surface area (Å²) in [5, 5.41) is 9.74. The number of hydrogen-bond acceptors (Lipinski definition) is 4. The Morgan fingerprint density at radius 3 is 2.40 bits per heavy atom. The van der Waals surface area contributed by atoms with Gasteiger partial charge in [-0.25, -0.2) is 4.85 Å². The molecule has 1 aromatic rings. The summed E-state index contributed by atoms with van der Waals surface area (Å²) in [6.07, 6.45) is 11.0. The zero-order valence-corrected chi connectivity index (χ0v) is 26.1. The van der Waals surface area contributed by atoms with Gasteiger partial charge in [0, 0.05) is 22.9 Å². The van der Waals surface area contributed by atoms with E-state index in [4.69, 9.17) is 6.57 Å². The fraction of sp³-hybridized carbons (Fsp3) is 0.639. The van der Waals surface area contributed by atoms with Gasteiger partial charge in [-0.05, 0) is 91.2 Å². The second-order valence-corrected chi connectivity index (χ2v) is 16.1. The normalized spacial score (nSPS) is 41.5. The first-order valence-corrected chi connectivity index (χ1v) is 15.6. The molecule has 3 saturated carbocycles. The molecule has 6 heteroatoms. The molecule has 0 N–H and O–H groups in total. The summed E-state index contributed by atoms with van der Waals surface area (Å²) in [6.45, 7) is 23.0. The Balaban J connectivity index is 1.53. The van der Waals surface area contributed by atoms with E-state index in [9.17, 15) is 19.6 Å². The number of rotatable bonds is 1. The van der Waals surface area contributed by atoms with Crippen LogP contribution in [0.3, 0.4) is 0 Å². The zero-order valence-electron chi connectivity index (χ0n) is 26.1. The van der Waals surface area contributed by atoms with Crippen molar-refractivity contribution in [2.75, 3.05) is 0 Å². The van der Waals surface area contributed by atoms with Crippen LogP contribution in [0.2, 0.25) is 0 Å². The molecule has 3 fully saturated rings. The van der Waals surface area contributed by atoms with Gasteiger partial charge in [-0.2, -0.15) is 5.26 Å². The molecule has 0 aromatic carbocycles. The smallest absolute Gasteiger partial charge is 0.238 e. The molecule has 0 bridgehead atoms. The van der Waals surface area contributed by atoms with E-state index in [1.807, 2.05) is 26.0 Å². The van der Waals surface area contributed by atoms with E-state index in [0.29, 0.717) is 18.5 Å². The van der Waals surface area contributed by atoms with Crippen molar-refractivity contribution < 1.29 is 14.4 Å². The maximum atomic E-state index is 14.7. The summed E-state index contributed by atoms with van der Waals surface area (Å²) >= 11 is 0. The molecule has 6 rings (SSSR count). The van der Waals surface area contributed by atoms with Crippen LogP contribution in [0.15, 0.2) is 41.8 Å². The largest absolute Gasteiger partial charge is 0.307 e. The average Bonchev–Trinajstić information content (AvgIpc) is 3.40. The van der Waals surface area contributed by atoms with E-state index < -0.39 is 16.2 Å². The van der Waals surface area contributed by atoms with Crippen molar-refractivity contribution in [3.8, 4) is 6.07 Å². The maximum absolute atomic E-state index is 14.7. The summed E-state index contributed by atoms with van der Waals surface area (Å²) in [7, 11) is 0. The molecule has 5 aliphatic rings. The molecule has 0 spiro atoms. The molecule has 0 aliphatic heterocycles. The summed E-state index contributed by atoms with van der Waals surface area (Å²) in [6, 6.07) is 5.62. The number of aromatic nitrogens is 1. The van der Waals surface area contributed by atoms with Crippen LogP contribution < -0.4 is 0 Å². The van der Waals surface area contributed by atoms with Gasteiger partial charge >= 0.3 is 0 Å². The lowest BCUT2D eigenvalue weighted by molar-refractivity contribution is -0.164. The van der Waals surface area contributed by atoms with Gasteiger partial charge in [-0.1, -0.05) is 60.1 Å². The Kier molecular flexibility index (Phi) is 5.95. The average molecular weight is 566 g/mol. The lowest BCUT2D eigenvalue weighted by Crippen LogP contribution is -2.66. The maximum Gasteiger partial charge on any atom is 0.238 e. The van der Waals surface area contributed by atoms with E-state index in [2.05, 4.69) is 45.5 Å². The predicted octanol–water partition coefficient (Wildman–Crippen LogP) is 7.57. The lowest BCUT2D eigenvalue weighted by atomic mass is 9.34. The second kappa shape index (κ2) is 8.66. The summed E-state index contributed by atoms with van der Waals surface area (Å²) in [5.74, 6) is -0.479. The summed E-state index contributed by atoms with van der Waals surface area (Å²) < 4.78 is 1.54. The van der Waals surface area contributed by atoms with Crippen molar-refractivity contribution in [1.29, 1.82) is 5.26 Å². The third kappa shape index (κ3) is 3.39. The number of fused-ring (bicyclic) bond motifs is 7. The first-order chi connectivity index (χ1) is 19.5. The van der Waals surface area contributed by atoms with Gasteiger partial charge in [-0.15, -0.1) is 0 Å². The number of carbonyl (C=O) groups is 3. The number of ketones is 2. The Hall–Kier alpha value is -3.25. The molecule has 220 valence electrons. The molecule has 0 saturated heterocycles. The Morgan fingerprint density at radius 2 is 1.74 bits per heavy atom. The van der Waals surface area contributed by atoms with Gasteiger partial charge in [0.1, 0.15) is 11.8 Å².